The van der Waals surface area contributed by atoms with Crippen molar-refractivity contribution in [3.05, 3.63) is 0 Å². The highest BCUT2D eigenvalue weighted by molar-refractivity contribution is 5.78. The first-order valence-corrected chi connectivity index (χ1v) is 7.51. The van der Waals surface area contributed by atoms with Gasteiger partial charge in [-0.3, -0.25) is 4.79 Å². The van der Waals surface area contributed by atoms with Crippen molar-refractivity contribution in [1.29, 1.82) is 0 Å². The van der Waals surface area contributed by atoms with Gasteiger partial charge in [0.25, 0.3) is 0 Å². The zero-order valence-electron chi connectivity index (χ0n) is 12.9. The van der Waals surface area contributed by atoms with Gasteiger partial charge in [-0.1, -0.05) is 34.6 Å². The molecule has 0 radical (unpaired) electrons. The summed E-state index contributed by atoms with van der Waals surface area (Å²) in [4.78, 5) is 11.1. The van der Waals surface area contributed by atoms with Crippen LogP contribution in [-0.2, 0) is 9.53 Å². The Bertz CT molecular complexity index is 272. The van der Waals surface area contributed by atoms with Gasteiger partial charge in [0.05, 0.1) is 5.92 Å². The van der Waals surface area contributed by atoms with Gasteiger partial charge in [0.1, 0.15) is 6.10 Å². The van der Waals surface area contributed by atoms with Gasteiger partial charge in [-0.05, 0) is 49.9 Å². The maximum atomic E-state index is 11.1. The number of rotatable bonds is 7. The molecule has 1 aliphatic rings. The predicted molar refractivity (Wildman–Crippen MR) is 75.2 cm³/mol. The average Bonchev–Trinajstić information content (AvgIpc) is 2.23. The summed E-state index contributed by atoms with van der Waals surface area (Å²) < 4.78 is 5.24. The Morgan fingerprint density at radius 2 is 1.56 bits per heavy atom. The molecule has 0 spiro atoms. The second kappa shape index (κ2) is 6.58. The van der Waals surface area contributed by atoms with Gasteiger partial charge in [0, 0.05) is 0 Å². The number of cyclic esters (lactones) is 1. The Labute approximate surface area is 112 Å². The molecule has 5 atom stereocenters. The van der Waals surface area contributed by atoms with Crippen LogP contribution in [0.25, 0.3) is 0 Å². The Kier molecular flexibility index (Phi) is 5.68. The third-order valence-corrected chi connectivity index (χ3v) is 4.13. The Balaban J connectivity index is 2.27. The summed E-state index contributed by atoms with van der Waals surface area (Å²) >= 11 is 0. The Hall–Kier alpha value is -0.530. The van der Waals surface area contributed by atoms with E-state index in [1.807, 2.05) is 6.92 Å². The van der Waals surface area contributed by atoms with E-state index in [-0.39, 0.29) is 18.0 Å². The summed E-state index contributed by atoms with van der Waals surface area (Å²) in [6.45, 7) is 13.5. The maximum absolute atomic E-state index is 11.1. The lowest BCUT2D eigenvalue weighted by Gasteiger charge is -2.38. The van der Waals surface area contributed by atoms with E-state index >= 15 is 0 Å². The predicted octanol–water partition coefficient (Wildman–Crippen LogP) is 4.28. The van der Waals surface area contributed by atoms with E-state index in [9.17, 15) is 4.79 Å². The molecule has 106 valence electrons. The number of hydrogen-bond donors (Lipinski definition) is 0. The van der Waals surface area contributed by atoms with E-state index in [2.05, 4.69) is 34.6 Å². The molecule has 1 saturated heterocycles. The molecule has 1 fully saturated rings. The molecule has 0 amide bonds. The summed E-state index contributed by atoms with van der Waals surface area (Å²) in [7, 11) is 0. The van der Waals surface area contributed by atoms with Crippen molar-refractivity contribution < 1.29 is 9.53 Å². The standard InChI is InChI=1S/C16H30O2/c1-10(2)7-11(3)8-12(4)9-13(5)15-14(6)16(17)18-15/h10-15H,7-9H2,1-6H3/t11?,12?,13?,14-,15+/m0/s1. The largest absolute Gasteiger partial charge is 0.461 e. The van der Waals surface area contributed by atoms with Gasteiger partial charge >= 0.3 is 5.97 Å². The van der Waals surface area contributed by atoms with Crippen LogP contribution in [0.2, 0.25) is 0 Å². The molecule has 1 heterocycles. The number of esters is 1. The maximum Gasteiger partial charge on any atom is 0.312 e. The Morgan fingerprint density at radius 1 is 1.00 bits per heavy atom. The van der Waals surface area contributed by atoms with Crippen molar-refractivity contribution in [3.63, 3.8) is 0 Å². The summed E-state index contributed by atoms with van der Waals surface area (Å²) in [5.74, 6) is 2.90. The van der Waals surface area contributed by atoms with Crippen molar-refractivity contribution in [1.82, 2.24) is 0 Å². The second-order valence-corrected chi connectivity index (χ2v) is 6.98. The number of carbonyl (C=O) groups excluding carboxylic acids is 1. The van der Waals surface area contributed by atoms with Crippen LogP contribution in [-0.4, -0.2) is 12.1 Å². The van der Waals surface area contributed by atoms with Crippen LogP contribution >= 0.6 is 0 Å². The van der Waals surface area contributed by atoms with Crippen LogP contribution in [0.5, 0.6) is 0 Å². The molecule has 0 aromatic heterocycles. The molecule has 2 nitrogen and oxygen atoms in total. The molecule has 2 heteroatoms. The minimum Gasteiger partial charge on any atom is -0.461 e. The molecule has 1 aliphatic heterocycles. The quantitative estimate of drug-likeness (QED) is 0.634. The first kappa shape index (κ1) is 15.5. The molecule has 0 aliphatic carbocycles. The monoisotopic (exact) mass is 254 g/mol. The van der Waals surface area contributed by atoms with Crippen LogP contribution in [0.15, 0.2) is 0 Å². The minimum atomic E-state index is -0.0207. The highest BCUT2D eigenvalue weighted by Crippen LogP contribution is 2.33. The molecule has 18 heavy (non-hydrogen) atoms. The van der Waals surface area contributed by atoms with Crippen LogP contribution in [0.4, 0.5) is 0 Å². The fourth-order valence-corrected chi connectivity index (χ4v) is 3.47. The van der Waals surface area contributed by atoms with Gasteiger partial charge in [-0.2, -0.15) is 0 Å². The van der Waals surface area contributed by atoms with Crippen molar-refractivity contribution in [2.75, 3.05) is 0 Å². The van der Waals surface area contributed by atoms with E-state index in [1.54, 1.807) is 0 Å². The van der Waals surface area contributed by atoms with Gasteiger partial charge < -0.3 is 4.74 Å². The highest BCUT2D eigenvalue weighted by atomic mass is 16.6. The van der Waals surface area contributed by atoms with Gasteiger partial charge in [-0.25, -0.2) is 0 Å². The lowest BCUT2D eigenvalue weighted by Crippen LogP contribution is -2.47. The normalized spacial score (nSPS) is 28.5. The second-order valence-electron chi connectivity index (χ2n) is 6.98. The molecular formula is C16H30O2. The summed E-state index contributed by atoms with van der Waals surface area (Å²) in [6.07, 6.45) is 3.94. The van der Waals surface area contributed by atoms with E-state index in [1.165, 1.54) is 19.3 Å². The van der Waals surface area contributed by atoms with Crippen molar-refractivity contribution in [2.45, 2.75) is 66.9 Å². The zero-order chi connectivity index (χ0) is 13.9. The molecule has 3 unspecified atom stereocenters. The van der Waals surface area contributed by atoms with Crippen LogP contribution < -0.4 is 0 Å². The van der Waals surface area contributed by atoms with Crippen molar-refractivity contribution in [3.8, 4) is 0 Å². The molecule has 0 saturated carbocycles. The fourth-order valence-electron chi connectivity index (χ4n) is 3.47. The third kappa shape index (κ3) is 4.29. The molecule has 0 N–H and O–H groups in total. The van der Waals surface area contributed by atoms with E-state index in [4.69, 9.17) is 4.74 Å². The zero-order valence-corrected chi connectivity index (χ0v) is 12.9. The smallest absolute Gasteiger partial charge is 0.312 e. The molecule has 0 aromatic rings. The summed E-state index contributed by atoms with van der Waals surface area (Å²) in [5, 5.41) is 0. The van der Waals surface area contributed by atoms with Gasteiger partial charge in [-0.15, -0.1) is 0 Å². The minimum absolute atomic E-state index is 0.0207. The highest BCUT2D eigenvalue weighted by Gasteiger charge is 2.42. The van der Waals surface area contributed by atoms with Crippen LogP contribution in [0, 0.1) is 29.6 Å². The van der Waals surface area contributed by atoms with Crippen molar-refractivity contribution >= 4 is 5.97 Å². The van der Waals surface area contributed by atoms with Crippen LogP contribution in [0.3, 0.4) is 0 Å². The SMILES string of the molecule is CC(C)CC(C)CC(C)CC(C)[C@H]1OC(=O)[C@H]1C. The topological polar surface area (TPSA) is 26.3 Å². The molecular weight excluding hydrogens is 224 g/mol. The molecule has 0 bridgehead atoms. The first-order valence-electron chi connectivity index (χ1n) is 7.51. The third-order valence-electron chi connectivity index (χ3n) is 4.13. The number of hydrogen-bond acceptors (Lipinski definition) is 2. The molecule has 1 rings (SSSR count). The van der Waals surface area contributed by atoms with E-state index < -0.39 is 0 Å². The van der Waals surface area contributed by atoms with Gasteiger partial charge in [0.2, 0.25) is 0 Å². The average molecular weight is 254 g/mol. The lowest BCUT2D eigenvalue weighted by molar-refractivity contribution is -0.189. The first-order chi connectivity index (χ1) is 8.31. The van der Waals surface area contributed by atoms with E-state index in [0.717, 1.165) is 17.8 Å². The fraction of sp³-hybridized carbons (Fsp3) is 0.938. The van der Waals surface area contributed by atoms with Crippen LogP contribution in [0.1, 0.15) is 60.8 Å². The number of ether oxygens (including phenoxy) is 1. The summed E-state index contributed by atoms with van der Waals surface area (Å²) in [6, 6.07) is 0. The molecule has 0 aromatic carbocycles. The van der Waals surface area contributed by atoms with E-state index in [0.29, 0.717) is 5.92 Å². The van der Waals surface area contributed by atoms with Gasteiger partial charge in [0.15, 0.2) is 0 Å². The number of carbonyl (C=O) groups is 1. The lowest BCUT2D eigenvalue weighted by atomic mass is 9.80. The van der Waals surface area contributed by atoms with Crippen molar-refractivity contribution in [2.24, 2.45) is 29.6 Å². The Morgan fingerprint density at radius 3 is 2.00 bits per heavy atom. The summed E-state index contributed by atoms with van der Waals surface area (Å²) in [5.41, 5.74) is 0.